The molecule has 0 amide bonds. The number of hydrogen-bond donors (Lipinski definition) is 0. The Morgan fingerprint density at radius 3 is 2.00 bits per heavy atom. The van der Waals surface area contributed by atoms with Crippen LogP contribution in [0.4, 0.5) is 0 Å². The van der Waals surface area contributed by atoms with Gasteiger partial charge in [0.15, 0.2) is 0 Å². The van der Waals surface area contributed by atoms with Crippen LogP contribution in [0.2, 0.25) is 0 Å². The predicted octanol–water partition coefficient (Wildman–Crippen LogP) is 1.42. The molecule has 0 radical (unpaired) electrons. The van der Waals surface area contributed by atoms with Crippen molar-refractivity contribution in [3.05, 3.63) is 0 Å². The van der Waals surface area contributed by atoms with Crippen LogP contribution >= 0.6 is 0 Å². The third-order valence-corrected chi connectivity index (χ3v) is 3.31. The highest BCUT2D eigenvalue weighted by Crippen LogP contribution is 2.35. The van der Waals surface area contributed by atoms with Crippen molar-refractivity contribution in [1.29, 1.82) is 0 Å². The molecule has 0 aromatic carbocycles. The van der Waals surface area contributed by atoms with E-state index in [4.69, 9.17) is 0 Å². The van der Waals surface area contributed by atoms with E-state index < -0.39 is 0 Å². The van der Waals surface area contributed by atoms with Gasteiger partial charge in [-0.1, -0.05) is 27.7 Å². The van der Waals surface area contributed by atoms with Gasteiger partial charge in [-0.25, -0.2) is 0 Å². The number of fused-ring (bicyclic) bond motifs is 1. The molecule has 0 N–H and O–H groups in total. The zero-order valence-electron chi connectivity index (χ0n) is 9.38. The summed E-state index contributed by atoms with van der Waals surface area (Å²) in [6, 6.07) is 1.81. The molecule has 1 unspecified atom stereocenters. The van der Waals surface area contributed by atoms with Crippen LogP contribution in [0.1, 0.15) is 27.7 Å². The molecule has 2 nitrogen and oxygen atoms in total. The predicted molar refractivity (Wildman–Crippen MR) is 55.9 cm³/mol. The Kier molecular flexibility index (Phi) is 2.16. The van der Waals surface area contributed by atoms with Crippen molar-refractivity contribution in [1.82, 2.24) is 9.80 Å². The Balaban J connectivity index is 1.78. The maximum Gasteiger partial charge on any atom is 0.0392 e. The highest BCUT2D eigenvalue weighted by molar-refractivity contribution is 5.08. The Morgan fingerprint density at radius 1 is 1.08 bits per heavy atom. The molecule has 76 valence electrons. The maximum atomic E-state index is 2.65. The molecule has 2 heteroatoms. The van der Waals surface area contributed by atoms with Crippen LogP contribution in [0.15, 0.2) is 0 Å². The summed E-state index contributed by atoms with van der Waals surface area (Å²) in [4.78, 5) is 5.24. The average Bonchev–Trinajstić information content (AvgIpc) is 1.97. The zero-order chi connectivity index (χ0) is 9.64. The van der Waals surface area contributed by atoms with Crippen LogP contribution < -0.4 is 0 Å². The lowest BCUT2D eigenvalue weighted by molar-refractivity contribution is -0.131. The quantitative estimate of drug-likeness (QED) is 0.637. The van der Waals surface area contributed by atoms with Gasteiger partial charge >= 0.3 is 0 Å². The lowest BCUT2D eigenvalue weighted by Crippen LogP contribution is -2.79. The van der Waals surface area contributed by atoms with Gasteiger partial charge in [-0.05, 0) is 12.0 Å². The van der Waals surface area contributed by atoms with Crippen molar-refractivity contribution in [2.45, 2.75) is 39.8 Å². The van der Waals surface area contributed by atoms with Crippen LogP contribution in [0.25, 0.3) is 0 Å². The Hall–Kier alpha value is -0.0800. The number of piperazine rings is 1. The fourth-order valence-electron chi connectivity index (χ4n) is 2.59. The first kappa shape index (κ1) is 9.47. The van der Waals surface area contributed by atoms with Gasteiger partial charge in [-0.15, -0.1) is 0 Å². The van der Waals surface area contributed by atoms with Gasteiger partial charge in [-0.3, -0.25) is 9.80 Å². The monoisotopic (exact) mass is 182 g/mol. The number of likely N-dealkylation sites (tertiary alicyclic amines) is 2. The van der Waals surface area contributed by atoms with E-state index >= 15 is 0 Å². The summed E-state index contributed by atoms with van der Waals surface area (Å²) in [5.41, 5.74) is 0.470. The van der Waals surface area contributed by atoms with Crippen molar-refractivity contribution in [3.63, 3.8) is 0 Å². The van der Waals surface area contributed by atoms with E-state index in [-0.39, 0.29) is 0 Å². The minimum absolute atomic E-state index is 0.470. The van der Waals surface area contributed by atoms with E-state index in [9.17, 15) is 0 Å². The van der Waals surface area contributed by atoms with Gasteiger partial charge in [-0.2, -0.15) is 0 Å². The van der Waals surface area contributed by atoms with Crippen molar-refractivity contribution in [3.8, 4) is 0 Å². The fourth-order valence-corrected chi connectivity index (χ4v) is 2.59. The topological polar surface area (TPSA) is 6.48 Å². The SMILES string of the molecule is CCN1CC2[C@@H]1CN2CC(C)(C)C. The molecule has 13 heavy (non-hydrogen) atoms. The van der Waals surface area contributed by atoms with Crippen molar-refractivity contribution in [2.75, 3.05) is 26.2 Å². The summed E-state index contributed by atoms with van der Waals surface area (Å²) in [5.74, 6) is 0. The highest BCUT2D eigenvalue weighted by Gasteiger charge is 2.50. The lowest BCUT2D eigenvalue weighted by Gasteiger charge is -2.63. The standard InChI is InChI=1S/C11H22N2/c1-5-12-6-10-9(12)7-13(10)8-11(2,3)4/h9-10H,5-8H2,1-4H3/t9-,10?/m0/s1. The molecule has 0 spiro atoms. The minimum atomic E-state index is 0.470. The average molecular weight is 182 g/mol. The van der Waals surface area contributed by atoms with E-state index in [2.05, 4.69) is 37.5 Å². The number of nitrogens with zero attached hydrogens (tertiary/aromatic N) is 2. The molecular formula is C11H22N2. The maximum absolute atomic E-state index is 2.65. The molecule has 0 aromatic rings. The van der Waals surface area contributed by atoms with Crippen LogP contribution in [-0.2, 0) is 0 Å². The molecule has 0 aromatic heterocycles. The van der Waals surface area contributed by atoms with Crippen molar-refractivity contribution >= 4 is 0 Å². The Bertz CT molecular complexity index is 195. The van der Waals surface area contributed by atoms with Gasteiger partial charge in [0, 0.05) is 31.7 Å². The molecule has 2 fully saturated rings. The normalized spacial score (nSPS) is 35.1. The van der Waals surface area contributed by atoms with Crippen LogP contribution in [0.3, 0.4) is 0 Å². The van der Waals surface area contributed by atoms with Crippen LogP contribution in [0.5, 0.6) is 0 Å². The van der Waals surface area contributed by atoms with Crippen molar-refractivity contribution < 1.29 is 0 Å². The molecule has 2 rings (SSSR count). The van der Waals surface area contributed by atoms with Crippen LogP contribution in [-0.4, -0.2) is 48.1 Å². The third kappa shape index (κ3) is 1.62. The molecule has 2 heterocycles. The number of hydrogen-bond acceptors (Lipinski definition) is 2. The second-order valence-electron chi connectivity index (χ2n) is 5.71. The molecule has 2 saturated heterocycles. The highest BCUT2D eigenvalue weighted by atomic mass is 15.4. The van der Waals surface area contributed by atoms with Crippen LogP contribution in [0, 0.1) is 5.41 Å². The fraction of sp³-hybridized carbons (Fsp3) is 1.00. The van der Waals surface area contributed by atoms with Gasteiger partial charge in [0.05, 0.1) is 0 Å². The molecule has 2 aliphatic rings. The summed E-state index contributed by atoms with van der Waals surface area (Å²) in [5, 5.41) is 0. The second-order valence-corrected chi connectivity index (χ2v) is 5.71. The first-order valence-electron chi connectivity index (χ1n) is 5.49. The van der Waals surface area contributed by atoms with E-state index in [0.29, 0.717) is 5.41 Å². The van der Waals surface area contributed by atoms with E-state index in [1.807, 2.05) is 0 Å². The van der Waals surface area contributed by atoms with Gasteiger partial charge in [0.2, 0.25) is 0 Å². The molecule has 0 bridgehead atoms. The number of likely N-dealkylation sites (N-methyl/N-ethyl adjacent to an activating group) is 1. The van der Waals surface area contributed by atoms with E-state index in [0.717, 1.165) is 12.1 Å². The smallest absolute Gasteiger partial charge is 0.0392 e. The first-order chi connectivity index (χ1) is 6.01. The van der Waals surface area contributed by atoms with Crippen molar-refractivity contribution in [2.24, 2.45) is 5.41 Å². The van der Waals surface area contributed by atoms with E-state index in [1.54, 1.807) is 0 Å². The summed E-state index contributed by atoms with van der Waals surface area (Å²) in [7, 11) is 0. The Labute approximate surface area is 81.9 Å². The summed E-state index contributed by atoms with van der Waals surface area (Å²) in [6.07, 6.45) is 0. The molecule has 2 atom stereocenters. The summed E-state index contributed by atoms with van der Waals surface area (Å²) < 4.78 is 0. The van der Waals surface area contributed by atoms with Gasteiger partial charge in [0.1, 0.15) is 0 Å². The minimum Gasteiger partial charge on any atom is -0.296 e. The molecule has 0 saturated carbocycles. The summed E-state index contributed by atoms with van der Waals surface area (Å²) >= 11 is 0. The summed E-state index contributed by atoms with van der Waals surface area (Å²) in [6.45, 7) is 14.4. The third-order valence-electron chi connectivity index (χ3n) is 3.31. The Morgan fingerprint density at radius 2 is 1.62 bits per heavy atom. The molecule has 0 aliphatic carbocycles. The molecule has 2 aliphatic heterocycles. The van der Waals surface area contributed by atoms with E-state index in [1.165, 1.54) is 26.2 Å². The first-order valence-corrected chi connectivity index (χ1v) is 5.49. The molecular weight excluding hydrogens is 160 g/mol. The van der Waals surface area contributed by atoms with Gasteiger partial charge < -0.3 is 0 Å². The largest absolute Gasteiger partial charge is 0.296 e. The zero-order valence-corrected chi connectivity index (χ0v) is 9.38. The number of rotatable bonds is 2. The van der Waals surface area contributed by atoms with Gasteiger partial charge in [0.25, 0.3) is 0 Å². The lowest BCUT2D eigenvalue weighted by atomic mass is 9.82. The second kappa shape index (κ2) is 2.96.